The normalized spacial score (nSPS) is 10.7. The van der Waals surface area contributed by atoms with Crippen LogP contribution >= 0.6 is 11.6 Å². The zero-order valence-electron chi connectivity index (χ0n) is 9.81. The van der Waals surface area contributed by atoms with Gasteiger partial charge in [0.1, 0.15) is 11.6 Å². The van der Waals surface area contributed by atoms with Crippen molar-refractivity contribution in [2.24, 2.45) is 5.73 Å². The Balaban J connectivity index is 2.65. The fourth-order valence-electron chi connectivity index (χ4n) is 1.85. The number of nitrogens with two attached hydrogens (primary N) is 1. The summed E-state index contributed by atoms with van der Waals surface area (Å²) in [6.07, 6.45) is 0. The summed E-state index contributed by atoms with van der Waals surface area (Å²) in [5.74, 6) is -0.907. The number of aryl methyl sites for hydroxylation is 1. The summed E-state index contributed by atoms with van der Waals surface area (Å²) in [7, 11) is 0. The fourth-order valence-corrected chi connectivity index (χ4v) is 2.04. The highest BCUT2D eigenvalue weighted by Gasteiger charge is 2.12. The van der Waals surface area contributed by atoms with Gasteiger partial charge in [0.25, 0.3) is 0 Å². The molecule has 2 aromatic rings. The molecule has 0 spiro atoms. The first-order chi connectivity index (χ1) is 8.52. The van der Waals surface area contributed by atoms with Crippen molar-refractivity contribution in [3.63, 3.8) is 0 Å². The first-order valence-corrected chi connectivity index (χ1v) is 5.85. The van der Waals surface area contributed by atoms with Gasteiger partial charge in [-0.1, -0.05) is 17.7 Å². The standard InChI is InChI=1S/C14H12ClF2N/c1-8-4-14(17)12(6-13(8)16)11-3-2-10(15)5-9(11)7-18/h2-6H,7,18H2,1H3. The van der Waals surface area contributed by atoms with Crippen molar-refractivity contribution < 1.29 is 8.78 Å². The third kappa shape index (κ3) is 2.37. The number of hydrogen-bond acceptors (Lipinski definition) is 1. The van der Waals surface area contributed by atoms with Gasteiger partial charge in [0, 0.05) is 17.1 Å². The summed E-state index contributed by atoms with van der Waals surface area (Å²) in [4.78, 5) is 0. The summed E-state index contributed by atoms with van der Waals surface area (Å²) < 4.78 is 27.4. The summed E-state index contributed by atoms with van der Waals surface area (Å²) in [5.41, 5.74) is 7.33. The van der Waals surface area contributed by atoms with Gasteiger partial charge in [0.05, 0.1) is 0 Å². The maximum absolute atomic E-state index is 13.9. The molecule has 94 valence electrons. The molecule has 0 aliphatic heterocycles. The van der Waals surface area contributed by atoms with Gasteiger partial charge in [-0.2, -0.15) is 0 Å². The van der Waals surface area contributed by atoms with Crippen molar-refractivity contribution in [1.82, 2.24) is 0 Å². The molecular weight excluding hydrogens is 256 g/mol. The minimum absolute atomic E-state index is 0.204. The topological polar surface area (TPSA) is 26.0 Å². The molecule has 0 fully saturated rings. The highest BCUT2D eigenvalue weighted by molar-refractivity contribution is 6.30. The van der Waals surface area contributed by atoms with Crippen LogP contribution in [0.15, 0.2) is 30.3 Å². The van der Waals surface area contributed by atoms with Crippen molar-refractivity contribution in [2.45, 2.75) is 13.5 Å². The smallest absolute Gasteiger partial charge is 0.131 e. The van der Waals surface area contributed by atoms with E-state index in [4.69, 9.17) is 17.3 Å². The van der Waals surface area contributed by atoms with Crippen LogP contribution in [-0.4, -0.2) is 0 Å². The van der Waals surface area contributed by atoms with Gasteiger partial charge in [-0.25, -0.2) is 8.78 Å². The minimum Gasteiger partial charge on any atom is -0.326 e. The second-order valence-corrected chi connectivity index (χ2v) is 4.52. The summed E-state index contributed by atoms with van der Waals surface area (Å²) in [6.45, 7) is 1.73. The predicted molar refractivity (Wildman–Crippen MR) is 69.4 cm³/mol. The Morgan fingerprint density at radius 2 is 1.78 bits per heavy atom. The third-order valence-corrected chi connectivity index (χ3v) is 3.06. The van der Waals surface area contributed by atoms with Gasteiger partial charge >= 0.3 is 0 Å². The van der Waals surface area contributed by atoms with Gasteiger partial charge in [0.15, 0.2) is 0 Å². The van der Waals surface area contributed by atoms with Gasteiger partial charge in [-0.3, -0.25) is 0 Å². The molecule has 0 radical (unpaired) electrons. The molecule has 0 unspecified atom stereocenters. The molecule has 18 heavy (non-hydrogen) atoms. The van der Waals surface area contributed by atoms with Crippen LogP contribution in [0.3, 0.4) is 0 Å². The molecule has 0 heterocycles. The number of rotatable bonds is 2. The SMILES string of the molecule is Cc1cc(F)c(-c2ccc(Cl)cc2CN)cc1F. The monoisotopic (exact) mass is 267 g/mol. The quantitative estimate of drug-likeness (QED) is 0.873. The molecule has 0 atom stereocenters. The van der Waals surface area contributed by atoms with E-state index < -0.39 is 11.6 Å². The zero-order chi connectivity index (χ0) is 13.3. The maximum atomic E-state index is 13.9. The summed E-state index contributed by atoms with van der Waals surface area (Å²) in [6, 6.07) is 7.31. The molecule has 1 nitrogen and oxygen atoms in total. The third-order valence-electron chi connectivity index (χ3n) is 2.83. The Labute approximate surface area is 109 Å². The van der Waals surface area contributed by atoms with Crippen LogP contribution in [0.4, 0.5) is 8.78 Å². The van der Waals surface area contributed by atoms with Crippen molar-refractivity contribution in [3.8, 4) is 11.1 Å². The molecule has 2 aromatic carbocycles. The van der Waals surface area contributed by atoms with Crippen LogP contribution in [0.5, 0.6) is 0 Å². The Morgan fingerprint density at radius 1 is 1.06 bits per heavy atom. The van der Waals surface area contributed by atoms with E-state index in [0.29, 0.717) is 16.1 Å². The van der Waals surface area contributed by atoms with Crippen LogP contribution in [0.25, 0.3) is 11.1 Å². The van der Waals surface area contributed by atoms with E-state index in [1.165, 1.54) is 19.1 Å². The largest absolute Gasteiger partial charge is 0.326 e. The average Bonchev–Trinajstić information content (AvgIpc) is 2.34. The van der Waals surface area contributed by atoms with Gasteiger partial charge in [-0.05, 0) is 47.9 Å². The highest BCUT2D eigenvalue weighted by atomic mass is 35.5. The van der Waals surface area contributed by atoms with E-state index in [9.17, 15) is 8.78 Å². The highest BCUT2D eigenvalue weighted by Crippen LogP contribution is 2.30. The Morgan fingerprint density at radius 3 is 2.44 bits per heavy atom. The fraction of sp³-hybridized carbons (Fsp3) is 0.143. The van der Waals surface area contributed by atoms with Crippen molar-refractivity contribution >= 4 is 11.6 Å². The Hall–Kier alpha value is -1.45. The molecule has 0 bridgehead atoms. The lowest BCUT2D eigenvalue weighted by atomic mass is 9.98. The lowest BCUT2D eigenvalue weighted by molar-refractivity contribution is 0.595. The molecule has 0 aromatic heterocycles. The van der Waals surface area contributed by atoms with Crippen molar-refractivity contribution in [2.75, 3.05) is 0 Å². The summed E-state index contributed by atoms with van der Waals surface area (Å²) >= 11 is 5.86. The predicted octanol–water partition coefficient (Wildman–Crippen LogP) is 4.05. The zero-order valence-corrected chi connectivity index (χ0v) is 10.6. The molecule has 0 aliphatic rings. The maximum Gasteiger partial charge on any atom is 0.131 e. The first kappa shape index (κ1) is 13.0. The summed E-state index contributed by atoms with van der Waals surface area (Å²) in [5, 5.41) is 0.521. The number of halogens is 3. The van der Waals surface area contributed by atoms with E-state index >= 15 is 0 Å². The average molecular weight is 268 g/mol. The molecule has 0 aliphatic carbocycles. The van der Waals surface area contributed by atoms with E-state index in [2.05, 4.69) is 0 Å². The van der Waals surface area contributed by atoms with Crippen LogP contribution in [0.2, 0.25) is 5.02 Å². The lowest BCUT2D eigenvalue weighted by Gasteiger charge is -2.10. The number of benzene rings is 2. The lowest BCUT2D eigenvalue weighted by Crippen LogP contribution is -2.00. The van der Waals surface area contributed by atoms with E-state index in [0.717, 1.165) is 0 Å². The Kier molecular flexibility index (Phi) is 3.64. The van der Waals surface area contributed by atoms with Gasteiger partial charge in [0.2, 0.25) is 0 Å². The molecular formula is C14H12ClF2N. The van der Waals surface area contributed by atoms with Gasteiger partial charge in [-0.15, -0.1) is 0 Å². The minimum atomic E-state index is -0.467. The Bertz CT molecular complexity index is 597. The van der Waals surface area contributed by atoms with Crippen LogP contribution in [0.1, 0.15) is 11.1 Å². The van der Waals surface area contributed by atoms with E-state index in [-0.39, 0.29) is 17.7 Å². The second kappa shape index (κ2) is 5.04. The van der Waals surface area contributed by atoms with E-state index in [1.807, 2.05) is 0 Å². The molecule has 2 N–H and O–H groups in total. The molecule has 0 amide bonds. The van der Waals surface area contributed by atoms with Crippen LogP contribution in [0, 0.1) is 18.6 Å². The first-order valence-electron chi connectivity index (χ1n) is 5.47. The number of hydrogen-bond donors (Lipinski definition) is 1. The molecule has 4 heteroatoms. The van der Waals surface area contributed by atoms with E-state index in [1.54, 1.807) is 18.2 Å². The molecule has 0 saturated carbocycles. The second-order valence-electron chi connectivity index (χ2n) is 4.09. The van der Waals surface area contributed by atoms with Crippen LogP contribution in [-0.2, 0) is 6.54 Å². The van der Waals surface area contributed by atoms with Gasteiger partial charge < -0.3 is 5.73 Å². The van der Waals surface area contributed by atoms with Crippen LogP contribution < -0.4 is 5.73 Å². The van der Waals surface area contributed by atoms with Crippen molar-refractivity contribution in [1.29, 1.82) is 0 Å². The molecule has 2 rings (SSSR count). The van der Waals surface area contributed by atoms with Crippen molar-refractivity contribution in [3.05, 3.63) is 58.1 Å². The molecule has 0 saturated heterocycles.